The highest BCUT2D eigenvalue weighted by atomic mass is 16.5. The Labute approximate surface area is 113 Å². The number of hydrogen-bond acceptors (Lipinski definition) is 5. The number of nitrogens with two attached hydrogens (primary N) is 1. The van der Waals surface area contributed by atoms with Gasteiger partial charge in [0.25, 0.3) is 0 Å². The van der Waals surface area contributed by atoms with Crippen LogP contribution in [0.5, 0.6) is 5.75 Å². The van der Waals surface area contributed by atoms with Gasteiger partial charge in [-0.3, -0.25) is 4.79 Å². The molecule has 0 aromatic heterocycles. The lowest BCUT2D eigenvalue weighted by Gasteiger charge is -2.07. The highest BCUT2D eigenvalue weighted by molar-refractivity contribution is 5.69. The van der Waals surface area contributed by atoms with Gasteiger partial charge in [0.2, 0.25) is 0 Å². The minimum atomic E-state index is -0.257. The molecule has 1 aromatic carbocycles. The highest BCUT2D eigenvalue weighted by Crippen LogP contribution is 2.13. The maximum Gasteiger partial charge on any atom is 0.309 e. The third-order valence-corrected chi connectivity index (χ3v) is 2.36. The van der Waals surface area contributed by atoms with Crippen molar-refractivity contribution in [2.24, 2.45) is 0 Å². The Morgan fingerprint density at radius 3 is 2.58 bits per heavy atom. The normalized spacial score (nSPS) is 10.2. The van der Waals surface area contributed by atoms with Crippen LogP contribution >= 0.6 is 0 Å². The lowest BCUT2D eigenvalue weighted by atomic mass is 10.3. The topological polar surface area (TPSA) is 70.8 Å². The van der Waals surface area contributed by atoms with E-state index in [1.54, 1.807) is 24.3 Å². The van der Waals surface area contributed by atoms with E-state index >= 15 is 0 Å². The van der Waals surface area contributed by atoms with Gasteiger partial charge in [-0.2, -0.15) is 0 Å². The Hall–Kier alpha value is -1.75. The average molecular weight is 267 g/mol. The van der Waals surface area contributed by atoms with Gasteiger partial charge in [0.15, 0.2) is 0 Å². The fourth-order valence-electron chi connectivity index (χ4n) is 1.38. The van der Waals surface area contributed by atoms with Crippen molar-refractivity contribution in [3.8, 4) is 5.75 Å². The number of hydrogen-bond donors (Lipinski definition) is 1. The van der Waals surface area contributed by atoms with E-state index in [0.717, 1.165) is 6.42 Å². The van der Waals surface area contributed by atoms with Crippen LogP contribution < -0.4 is 10.5 Å². The van der Waals surface area contributed by atoms with Gasteiger partial charge in [0.1, 0.15) is 5.75 Å². The molecule has 0 aliphatic rings. The van der Waals surface area contributed by atoms with Gasteiger partial charge in [0, 0.05) is 25.3 Å². The van der Waals surface area contributed by atoms with Crippen LogP contribution in [0, 0.1) is 0 Å². The minimum absolute atomic E-state index is 0.235. The number of benzene rings is 1. The summed E-state index contributed by atoms with van der Waals surface area (Å²) < 4.78 is 15.6. The number of rotatable bonds is 9. The van der Waals surface area contributed by atoms with E-state index in [1.807, 2.05) is 6.92 Å². The maximum absolute atomic E-state index is 11.4. The van der Waals surface area contributed by atoms with Gasteiger partial charge < -0.3 is 19.9 Å². The summed E-state index contributed by atoms with van der Waals surface area (Å²) in [5, 5.41) is 0. The fraction of sp³-hybridized carbons (Fsp3) is 0.500. The van der Waals surface area contributed by atoms with E-state index in [1.165, 1.54) is 0 Å². The maximum atomic E-state index is 11.4. The third-order valence-electron chi connectivity index (χ3n) is 2.36. The van der Waals surface area contributed by atoms with E-state index in [0.29, 0.717) is 37.9 Å². The summed E-state index contributed by atoms with van der Waals surface area (Å²) in [6, 6.07) is 7.04. The van der Waals surface area contributed by atoms with E-state index in [2.05, 4.69) is 0 Å². The molecule has 5 nitrogen and oxygen atoms in total. The van der Waals surface area contributed by atoms with Crippen molar-refractivity contribution in [2.75, 3.05) is 32.2 Å². The molecule has 106 valence electrons. The van der Waals surface area contributed by atoms with Crippen LogP contribution in [0.15, 0.2) is 24.3 Å². The summed E-state index contributed by atoms with van der Waals surface area (Å²) in [6.07, 6.45) is 0.956. The van der Waals surface area contributed by atoms with Crippen molar-refractivity contribution < 1.29 is 19.0 Å². The first kappa shape index (κ1) is 15.3. The second kappa shape index (κ2) is 9.22. The molecule has 0 aliphatic carbocycles. The Kier molecular flexibility index (Phi) is 7.43. The van der Waals surface area contributed by atoms with Gasteiger partial charge in [-0.15, -0.1) is 0 Å². The van der Waals surface area contributed by atoms with E-state index in [9.17, 15) is 4.79 Å². The van der Waals surface area contributed by atoms with Crippen LogP contribution in [0.25, 0.3) is 0 Å². The molecule has 0 radical (unpaired) electrons. The lowest BCUT2D eigenvalue weighted by Crippen LogP contribution is -2.11. The molecule has 0 unspecified atom stereocenters. The first-order valence-electron chi connectivity index (χ1n) is 6.44. The monoisotopic (exact) mass is 267 g/mol. The van der Waals surface area contributed by atoms with E-state index in [-0.39, 0.29) is 12.4 Å². The second-order valence-electron chi connectivity index (χ2n) is 3.94. The molecule has 1 rings (SSSR count). The van der Waals surface area contributed by atoms with Crippen molar-refractivity contribution in [1.29, 1.82) is 0 Å². The van der Waals surface area contributed by atoms with Crippen LogP contribution in [0.1, 0.15) is 19.8 Å². The largest absolute Gasteiger partial charge is 0.493 e. The van der Waals surface area contributed by atoms with Crippen LogP contribution in [0.2, 0.25) is 0 Å². The molecule has 0 aliphatic heterocycles. The van der Waals surface area contributed by atoms with Crippen LogP contribution in [-0.2, 0) is 14.3 Å². The number of esters is 1. The Morgan fingerprint density at radius 2 is 1.89 bits per heavy atom. The second-order valence-corrected chi connectivity index (χ2v) is 3.94. The molecule has 0 saturated carbocycles. The minimum Gasteiger partial charge on any atom is -0.493 e. The molecular formula is C14H21NO4. The number of anilines is 1. The van der Waals surface area contributed by atoms with Gasteiger partial charge in [0.05, 0.1) is 19.6 Å². The SMILES string of the molecule is CCOCCCOC(=O)CCOc1ccc(N)cc1. The summed E-state index contributed by atoms with van der Waals surface area (Å²) in [6.45, 7) is 3.92. The van der Waals surface area contributed by atoms with Crippen LogP contribution in [0.4, 0.5) is 5.69 Å². The number of nitrogen functional groups attached to an aromatic ring is 1. The van der Waals surface area contributed by atoms with Crippen LogP contribution in [0.3, 0.4) is 0 Å². The molecular weight excluding hydrogens is 246 g/mol. The molecule has 0 spiro atoms. The standard InChI is InChI=1S/C14H21NO4/c1-2-17-9-3-10-19-14(16)8-11-18-13-6-4-12(15)5-7-13/h4-7H,2-3,8-11,15H2,1H3. The molecule has 19 heavy (non-hydrogen) atoms. The fourth-order valence-corrected chi connectivity index (χ4v) is 1.38. The zero-order valence-corrected chi connectivity index (χ0v) is 11.3. The van der Waals surface area contributed by atoms with Gasteiger partial charge in [-0.05, 0) is 31.2 Å². The Bertz CT molecular complexity index is 364. The quantitative estimate of drug-likeness (QED) is 0.421. The van der Waals surface area contributed by atoms with Crippen molar-refractivity contribution >= 4 is 11.7 Å². The predicted octanol–water partition coefficient (Wildman–Crippen LogP) is 2.01. The number of ether oxygens (including phenoxy) is 3. The first-order valence-corrected chi connectivity index (χ1v) is 6.44. The average Bonchev–Trinajstić information content (AvgIpc) is 2.41. The summed E-state index contributed by atoms with van der Waals surface area (Å²) >= 11 is 0. The molecule has 0 amide bonds. The molecule has 0 bridgehead atoms. The van der Waals surface area contributed by atoms with Crippen LogP contribution in [-0.4, -0.2) is 32.4 Å². The third kappa shape index (κ3) is 7.31. The summed E-state index contributed by atoms with van der Waals surface area (Å²) in [7, 11) is 0. The molecule has 1 aromatic rings. The lowest BCUT2D eigenvalue weighted by molar-refractivity contribution is -0.144. The zero-order chi connectivity index (χ0) is 13.9. The first-order chi connectivity index (χ1) is 9.22. The van der Waals surface area contributed by atoms with E-state index < -0.39 is 0 Å². The Morgan fingerprint density at radius 1 is 1.16 bits per heavy atom. The number of carbonyl (C=O) groups is 1. The molecule has 0 fully saturated rings. The molecule has 5 heteroatoms. The van der Waals surface area contributed by atoms with E-state index in [4.69, 9.17) is 19.9 Å². The summed E-state index contributed by atoms with van der Waals surface area (Å²) in [4.78, 5) is 11.4. The predicted molar refractivity (Wildman–Crippen MR) is 73.0 cm³/mol. The van der Waals surface area contributed by atoms with Crippen molar-refractivity contribution in [1.82, 2.24) is 0 Å². The summed E-state index contributed by atoms with van der Waals surface area (Å²) in [5.41, 5.74) is 6.23. The molecule has 0 saturated heterocycles. The van der Waals surface area contributed by atoms with Gasteiger partial charge in [-0.25, -0.2) is 0 Å². The van der Waals surface area contributed by atoms with Crippen molar-refractivity contribution in [3.05, 3.63) is 24.3 Å². The molecule has 0 atom stereocenters. The molecule has 0 heterocycles. The zero-order valence-electron chi connectivity index (χ0n) is 11.3. The van der Waals surface area contributed by atoms with Crippen molar-refractivity contribution in [2.45, 2.75) is 19.8 Å². The Balaban J connectivity index is 2.05. The smallest absolute Gasteiger partial charge is 0.309 e. The molecule has 2 N–H and O–H groups in total. The van der Waals surface area contributed by atoms with Crippen molar-refractivity contribution in [3.63, 3.8) is 0 Å². The highest BCUT2D eigenvalue weighted by Gasteiger charge is 2.03. The van der Waals surface area contributed by atoms with Gasteiger partial charge >= 0.3 is 5.97 Å². The summed E-state index contributed by atoms with van der Waals surface area (Å²) in [5.74, 6) is 0.435. The number of carbonyl (C=O) groups excluding carboxylic acids is 1. The van der Waals surface area contributed by atoms with Gasteiger partial charge in [-0.1, -0.05) is 0 Å².